The standard InChI is InChI=1S/C10H14N4O3/c1-6(8(11)14-16)13-9(15)7-4-3-5-12-10(7)17-2/h3-6,16H,1-2H3,(H2,11,14)(H,13,15). The van der Waals surface area contributed by atoms with E-state index in [1.165, 1.54) is 13.3 Å². The van der Waals surface area contributed by atoms with E-state index in [4.69, 9.17) is 15.7 Å². The molecular formula is C10H14N4O3. The third-order valence-corrected chi connectivity index (χ3v) is 2.12. The van der Waals surface area contributed by atoms with Crippen LogP contribution in [0.25, 0.3) is 0 Å². The van der Waals surface area contributed by atoms with Crippen molar-refractivity contribution >= 4 is 11.7 Å². The monoisotopic (exact) mass is 238 g/mol. The van der Waals surface area contributed by atoms with Crippen LogP contribution in [0.1, 0.15) is 17.3 Å². The summed E-state index contributed by atoms with van der Waals surface area (Å²) in [5.41, 5.74) is 5.64. The Morgan fingerprint density at radius 1 is 1.71 bits per heavy atom. The minimum absolute atomic E-state index is 0.0822. The van der Waals surface area contributed by atoms with Gasteiger partial charge in [0.25, 0.3) is 5.91 Å². The molecular weight excluding hydrogens is 224 g/mol. The zero-order chi connectivity index (χ0) is 12.8. The van der Waals surface area contributed by atoms with Crippen LogP contribution in [0.15, 0.2) is 23.5 Å². The van der Waals surface area contributed by atoms with E-state index in [0.29, 0.717) is 0 Å². The molecule has 0 aliphatic carbocycles. The summed E-state index contributed by atoms with van der Waals surface area (Å²) in [6.07, 6.45) is 1.52. The third kappa shape index (κ3) is 3.07. The first-order valence-corrected chi connectivity index (χ1v) is 4.87. The van der Waals surface area contributed by atoms with Crippen molar-refractivity contribution in [2.75, 3.05) is 7.11 Å². The quantitative estimate of drug-likeness (QED) is 0.295. The summed E-state index contributed by atoms with van der Waals surface area (Å²) in [7, 11) is 1.42. The normalized spacial score (nSPS) is 12.9. The maximum Gasteiger partial charge on any atom is 0.257 e. The van der Waals surface area contributed by atoms with Crippen LogP contribution >= 0.6 is 0 Å². The number of amides is 1. The highest BCUT2D eigenvalue weighted by Crippen LogP contribution is 2.13. The van der Waals surface area contributed by atoms with Gasteiger partial charge in [-0.05, 0) is 19.1 Å². The van der Waals surface area contributed by atoms with Gasteiger partial charge < -0.3 is 21.0 Å². The molecule has 1 unspecified atom stereocenters. The number of aromatic nitrogens is 1. The summed E-state index contributed by atoms with van der Waals surface area (Å²) >= 11 is 0. The van der Waals surface area contributed by atoms with Crippen molar-refractivity contribution in [1.82, 2.24) is 10.3 Å². The topological polar surface area (TPSA) is 110 Å². The van der Waals surface area contributed by atoms with Crippen molar-refractivity contribution in [1.29, 1.82) is 0 Å². The number of hydrogen-bond donors (Lipinski definition) is 3. The molecule has 1 rings (SSSR count). The highest BCUT2D eigenvalue weighted by atomic mass is 16.5. The number of ether oxygens (including phenoxy) is 1. The molecule has 1 aromatic rings. The molecule has 0 bridgehead atoms. The molecule has 0 saturated carbocycles. The number of nitrogens with one attached hydrogen (secondary N) is 1. The van der Waals surface area contributed by atoms with Gasteiger partial charge in [0.15, 0.2) is 5.84 Å². The van der Waals surface area contributed by atoms with Crippen molar-refractivity contribution in [2.45, 2.75) is 13.0 Å². The van der Waals surface area contributed by atoms with Crippen LogP contribution in [0.3, 0.4) is 0 Å². The van der Waals surface area contributed by atoms with Crippen molar-refractivity contribution in [3.63, 3.8) is 0 Å². The number of oxime groups is 1. The molecule has 0 aliphatic heterocycles. The molecule has 7 nitrogen and oxygen atoms in total. The maximum atomic E-state index is 11.8. The first-order valence-electron chi connectivity index (χ1n) is 4.87. The Morgan fingerprint density at radius 2 is 2.41 bits per heavy atom. The van der Waals surface area contributed by atoms with Gasteiger partial charge in [0.05, 0.1) is 13.2 Å². The number of nitrogens with two attached hydrogens (primary N) is 1. The van der Waals surface area contributed by atoms with Crippen LogP contribution in [0, 0.1) is 0 Å². The van der Waals surface area contributed by atoms with Crippen LogP contribution in [-0.4, -0.2) is 35.1 Å². The van der Waals surface area contributed by atoms with Gasteiger partial charge in [0, 0.05) is 6.20 Å². The van der Waals surface area contributed by atoms with E-state index in [-0.39, 0.29) is 17.3 Å². The lowest BCUT2D eigenvalue weighted by atomic mass is 10.2. The second kappa shape index (κ2) is 5.69. The van der Waals surface area contributed by atoms with Crippen molar-refractivity contribution in [3.05, 3.63) is 23.9 Å². The second-order valence-corrected chi connectivity index (χ2v) is 3.28. The Hall–Kier alpha value is -2.31. The number of pyridine rings is 1. The summed E-state index contributed by atoms with van der Waals surface area (Å²) < 4.78 is 4.95. The van der Waals surface area contributed by atoms with Gasteiger partial charge in [-0.15, -0.1) is 0 Å². The van der Waals surface area contributed by atoms with Gasteiger partial charge in [0.1, 0.15) is 5.56 Å². The van der Waals surface area contributed by atoms with E-state index < -0.39 is 11.9 Å². The number of carbonyl (C=O) groups is 1. The van der Waals surface area contributed by atoms with E-state index in [9.17, 15) is 4.79 Å². The van der Waals surface area contributed by atoms with Crippen LogP contribution in [0.5, 0.6) is 5.88 Å². The fourth-order valence-corrected chi connectivity index (χ4v) is 1.16. The van der Waals surface area contributed by atoms with E-state index in [2.05, 4.69) is 15.5 Å². The summed E-state index contributed by atoms with van der Waals surface area (Å²) in [5.74, 6) is -0.271. The van der Waals surface area contributed by atoms with Crippen LogP contribution in [0.4, 0.5) is 0 Å². The second-order valence-electron chi connectivity index (χ2n) is 3.28. The maximum absolute atomic E-state index is 11.8. The fraction of sp³-hybridized carbons (Fsp3) is 0.300. The molecule has 0 aliphatic rings. The third-order valence-electron chi connectivity index (χ3n) is 2.12. The Labute approximate surface area is 98.3 Å². The molecule has 7 heteroatoms. The Kier molecular flexibility index (Phi) is 4.27. The molecule has 0 aromatic carbocycles. The molecule has 1 aromatic heterocycles. The number of carbonyl (C=O) groups excluding carboxylic acids is 1. The number of methoxy groups -OCH3 is 1. The lowest BCUT2D eigenvalue weighted by molar-refractivity contribution is 0.0945. The Morgan fingerprint density at radius 3 is 3.00 bits per heavy atom. The first kappa shape index (κ1) is 12.8. The van der Waals surface area contributed by atoms with Crippen LogP contribution < -0.4 is 15.8 Å². The molecule has 1 atom stereocenters. The van der Waals surface area contributed by atoms with E-state index in [1.54, 1.807) is 19.1 Å². The molecule has 4 N–H and O–H groups in total. The summed E-state index contributed by atoms with van der Waals surface area (Å²) in [4.78, 5) is 15.7. The number of amidine groups is 1. The Bertz CT molecular complexity index is 433. The average molecular weight is 238 g/mol. The lowest BCUT2D eigenvalue weighted by Gasteiger charge is -2.13. The van der Waals surface area contributed by atoms with Gasteiger partial charge >= 0.3 is 0 Å². The molecule has 1 heterocycles. The van der Waals surface area contributed by atoms with Gasteiger partial charge in [-0.2, -0.15) is 0 Å². The SMILES string of the molecule is COc1ncccc1C(=O)NC(C)C(N)=NO. The molecule has 92 valence electrons. The largest absolute Gasteiger partial charge is 0.480 e. The molecule has 0 saturated heterocycles. The summed E-state index contributed by atoms with van der Waals surface area (Å²) in [5, 5.41) is 13.8. The van der Waals surface area contributed by atoms with Gasteiger partial charge in [-0.3, -0.25) is 4.79 Å². The first-order chi connectivity index (χ1) is 8.10. The van der Waals surface area contributed by atoms with E-state index >= 15 is 0 Å². The predicted octanol–water partition coefficient (Wildman–Crippen LogP) is -0.0451. The predicted molar refractivity (Wildman–Crippen MR) is 61.1 cm³/mol. The van der Waals surface area contributed by atoms with Gasteiger partial charge in [0.2, 0.25) is 5.88 Å². The van der Waals surface area contributed by atoms with E-state index in [1.807, 2.05) is 0 Å². The highest BCUT2D eigenvalue weighted by molar-refractivity contribution is 5.99. The molecule has 0 radical (unpaired) electrons. The smallest absolute Gasteiger partial charge is 0.257 e. The van der Waals surface area contributed by atoms with Crippen molar-refractivity contribution < 1.29 is 14.7 Å². The molecule has 17 heavy (non-hydrogen) atoms. The number of rotatable bonds is 4. The lowest BCUT2D eigenvalue weighted by Crippen LogP contribution is -2.42. The number of nitrogens with zero attached hydrogens (tertiary/aromatic N) is 2. The van der Waals surface area contributed by atoms with Crippen molar-refractivity contribution in [2.24, 2.45) is 10.9 Å². The molecule has 0 fully saturated rings. The van der Waals surface area contributed by atoms with Crippen molar-refractivity contribution in [3.8, 4) is 5.88 Å². The zero-order valence-electron chi connectivity index (χ0n) is 9.54. The average Bonchev–Trinajstić information content (AvgIpc) is 2.37. The minimum Gasteiger partial charge on any atom is -0.480 e. The van der Waals surface area contributed by atoms with Crippen LogP contribution in [0.2, 0.25) is 0 Å². The molecule has 1 amide bonds. The minimum atomic E-state index is -0.586. The Balaban J connectivity index is 2.83. The summed E-state index contributed by atoms with van der Waals surface area (Å²) in [6, 6.07) is 2.60. The highest BCUT2D eigenvalue weighted by Gasteiger charge is 2.16. The van der Waals surface area contributed by atoms with Crippen LogP contribution in [-0.2, 0) is 0 Å². The van der Waals surface area contributed by atoms with Gasteiger partial charge in [-0.25, -0.2) is 4.98 Å². The van der Waals surface area contributed by atoms with Gasteiger partial charge in [-0.1, -0.05) is 5.16 Å². The fourth-order valence-electron chi connectivity index (χ4n) is 1.16. The summed E-state index contributed by atoms with van der Waals surface area (Å²) in [6.45, 7) is 1.59. The van der Waals surface area contributed by atoms with E-state index in [0.717, 1.165) is 0 Å². The number of hydrogen-bond acceptors (Lipinski definition) is 5. The molecule has 0 spiro atoms. The zero-order valence-corrected chi connectivity index (χ0v) is 9.54.